The molecule has 0 spiro atoms. The van der Waals surface area contributed by atoms with Crippen LogP contribution in [0.3, 0.4) is 0 Å². The summed E-state index contributed by atoms with van der Waals surface area (Å²) in [6.07, 6.45) is 1.14. The Kier molecular flexibility index (Phi) is 6.94. The molecular weight excluding hydrogens is 226 g/mol. The average Bonchev–Trinajstić information content (AvgIpc) is 2.38. The highest BCUT2D eigenvalue weighted by Gasteiger charge is 2.10. The Morgan fingerprint density at radius 1 is 1.28 bits per heavy atom. The van der Waals surface area contributed by atoms with E-state index in [-0.39, 0.29) is 6.61 Å². The van der Waals surface area contributed by atoms with Gasteiger partial charge in [-0.05, 0) is 31.9 Å². The highest BCUT2D eigenvalue weighted by atomic mass is 16.3. The minimum Gasteiger partial charge on any atom is -0.396 e. The smallest absolute Gasteiger partial charge is 0.0802 e. The van der Waals surface area contributed by atoms with E-state index in [2.05, 4.69) is 11.8 Å². The van der Waals surface area contributed by atoms with Crippen LogP contribution in [-0.4, -0.2) is 41.4 Å². The first-order valence-electron chi connectivity index (χ1n) is 6.75. The van der Waals surface area contributed by atoms with Crippen molar-refractivity contribution in [2.24, 2.45) is 0 Å². The molecule has 3 heteroatoms. The van der Waals surface area contributed by atoms with Gasteiger partial charge in [0.1, 0.15) is 0 Å². The number of hydrogen-bond donors (Lipinski definition) is 2. The monoisotopic (exact) mass is 251 g/mol. The standard InChI is InChI=1S/C15H25NO2/c1-3-16(9-5-11-17)10-8-15(18)14-7-4-6-13(2)12-14/h4,6-7,12,15,17-18H,3,5,8-11H2,1-2H3. The van der Waals surface area contributed by atoms with E-state index >= 15 is 0 Å². The summed E-state index contributed by atoms with van der Waals surface area (Å²) in [4.78, 5) is 2.26. The average molecular weight is 251 g/mol. The number of benzene rings is 1. The lowest BCUT2D eigenvalue weighted by Gasteiger charge is -2.21. The lowest BCUT2D eigenvalue weighted by Crippen LogP contribution is -2.27. The lowest BCUT2D eigenvalue weighted by molar-refractivity contribution is 0.140. The second-order valence-corrected chi connectivity index (χ2v) is 4.73. The van der Waals surface area contributed by atoms with Gasteiger partial charge in [-0.3, -0.25) is 0 Å². The molecule has 1 aromatic rings. The first kappa shape index (κ1) is 15.2. The molecule has 2 N–H and O–H groups in total. The van der Waals surface area contributed by atoms with E-state index < -0.39 is 6.10 Å². The largest absolute Gasteiger partial charge is 0.396 e. The molecule has 102 valence electrons. The summed E-state index contributed by atoms with van der Waals surface area (Å²) in [5.41, 5.74) is 2.17. The van der Waals surface area contributed by atoms with Gasteiger partial charge in [0, 0.05) is 19.7 Å². The molecule has 0 fully saturated rings. The Bertz CT molecular complexity index is 341. The molecule has 18 heavy (non-hydrogen) atoms. The Labute approximate surface area is 110 Å². The predicted molar refractivity (Wildman–Crippen MR) is 74.6 cm³/mol. The third kappa shape index (κ3) is 5.17. The Morgan fingerprint density at radius 2 is 2.06 bits per heavy atom. The normalized spacial score (nSPS) is 12.9. The van der Waals surface area contributed by atoms with E-state index in [0.29, 0.717) is 0 Å². The van der Waals surface area contributed by atoms with Crippen molar-refractivity contribution in [2.75, 3.05) is 26.2 Å². The summed E-state index contributed by atoms with van der Waals surface area (Å²) < 4.78 is 0. The number of aliphatic hydroxyl groups is 2. The van der Waals surface area contributed by atoms with Gasteiger partial charge in [0.15, 0.2) is 0 Å². The maximum atomic E-state index is 10.1. The maximum absolute atomic E-state index is 10.1. The number of aliphatic hydroxyl groups excluding tert-OH is 2. The second kappa shape index (κ2) is 8.25. The van der Waals surface area contributed by atoms with Crippen LogP contribution < -0.4 is 0 Å². The van der Waals surface area contributed by atoms with Crippen LogP contribution >= 0.6 is 0 Å². The van der Waals surface area contributed by atoms with Gasteiger partial charge >= 0.3 is 0 Å². The minimum atomic E-state index is -0.395. The SMILES string of the molecule is CCN(CCCO)CCC(O)c1cccc(C)c1. The Balaban J connectivity index is 2.42. The molecule has 1 aromatic carbocycles. The van der Waals surface area contributed by atoms with E-state index in [1.807, 2.05) is 31.2 Å². The van der Waals surface area contributed by atoms with Crippen molar-refractivity contribution < 1.29 is 10.2 Å². The first-order valence-corrected chi connectivity index (χ1v) is 6.75. The van der Waals surface area contributed by atoms with Crippen molar-refractivity contribution in [3.8, 4) is 0 Å². The molecule has 0 saturated heterocycles. The Hall–Kier alpha value is -0.900. The molecule has 0 radical (unpaired) electrons. The number of nitrogens with zero attached hydrogens (tertiary/aromatic N) is 1. The van der Waals surface area contributed by atoms with E-state index in [1.165, 1.54) is 5.56 Å². The van der Waals surface area contributed by atoms with Crippen molar-refractivity contribution in [3.63, 3.8) is 0 Å². The van der Waals surface area contributed by atoms with Crippen LogP contribution in [0, 0.1) is 6.92 Å². The van der Waals surface area contributed by atoms with Crippen molar-refractivity contribution in [1.82, 2.24) is 4.90 Å². The van der Waals surface area contributed by atoms with Crippen LogP contribution in [0.5, 0.6) is 0 Å². The van der Waals surface area contributed by atoms with Crippen LogP contribution in [-0.2, 0) is 0 Å². The molecule has 0 aliphatic carbocycles. The molecule has 0 bridgehead atoms. The molecule has 0 heterocycles. The quantitative estimate of drug-likeness (QED) is 0.744. The van der Waals surface area contributed by atoms with Gasteiger partial charge in [0.2, 0.25) is 0 Å². The molecule has 1 atom stereocenters. The van der Waals surface area contributed by atoms with Crippen LogP contribution in [0.25, 0.3) is 0 Å². The summed E-state index contributed by atoms with van der Waals surface area (Å²) in [6.45, 7) is 7.10. The molecule has 3 nitrogen and oxygen atoms in total. The molecule has 0 aliphatic rings. The van der Waals surface area contributed by atoms with Gasteiger partial charge in [0.05, 0.1) is 6.10 Å². The molecule has 0 aliphatic heterocycles. The summed E-state index contributed by atoms with van der Waals surface area (Å²) in [6, 6.07) is 8.03. The summed E-state index contributed by atoms with van der Waals surface area (Å²) in [5, 5.41) is 19.0. The zero-order chi connectivity index (χ0) is 13.4. The third-order valence-corrected chi connectivity index (χ3v) is 3.23. The molecule has 1 rings (SSSR count). The van der Waals surface area contributed by atoms with Gasteiger partial charge in [-0.15, -0.1) is 0 Å². The van der Waals surface area contributed by atoms with E-state index in [4.69, 9.17) is 5.11 Å². The van der Waals surface area contributed by atoms with Crippen LogP contribution in [0.15, 0.2) is 24.3 Å². The Morgan fingerprint density at radius 3 is 2.67 bits per heavy atom. The van der Waals surface area contributed by atoms with E-state index in [1.54, 1.807) is 0 Å². The van der Waals surface area contributed by atoms with Crippen molar-refractivity contribution >= 4 is 0 Å². The number of hydrogen-bond acceptors (Lipinski definition) is 3. The molecule has 0 aromatic heterocycles. The second-order valence-electron chi connectivity index (χ2n) is 4.73. The van der Waals surface area contributed by atoms with Crippen molar-refractivity contribution in [3.05, 3.63) is 35.4 Å². The van der Waals surface area contributed by atoms with Gasteiger partial charge in [0.25, 0.3) is 0 Å². The van der Waals surface area contributed by atoms with Gasteiger partial charge < -0.3 is 15.1 Å². The van der Waals surface area contributed by atoms with Crippen molar-refractivity contribution in [1.29, 1.82) is 0 Å². The molecule has 1 unspecified atom stereocenters. The molecule has 0 amide bonds. The third-order valence-electron chi connectivity index (χ3n) is 3.23. The fraction of sp³-hybridized carbons (Fsp3) is 0.600. The number of aryl methyl sites for hydroxylation is 1. The van der Waals surface area contributed by atoms with Crippen molar-refractivity contribution in [2.45, 2.75) is 32.8 Å². The lowest BCUT2D eigenvalue weighted by atomic mass is 10.0. The van der Waals surface area contributed by atoms with Crippen LogP contribution in [0.2, 0.25) is 0 Å². The summed E-state index contributed by atoms with van der Waals surface area (Å²) in [5.74, 6) is 0. The van der Waals surface area contributed by atoms with Crippen LogP contribution in [0.4, 0.5) is 0 Å². The number of rotatable bonds is 8. The fourth-order valence-corrected chi connectivity index (χ4v) is 2.07. The molecule has 0 saturated carbocycles. The zero-order valence-electron chi connectivity index (χ0n) is 11.5. The predicted octanol–water partition coefficient (Wildman–Crippen LogP) is 2.12. The van der Waals surface area contributed by atoms with E-state index in [9.17, 15) is 5.11 Å². The summed E-state index contributed by atoms with van der Waals surface area (Å²) in [7, 11) is 0. The fourth-order valence-electron chi connectivity index (χ4n) is 2.07. The van der Waals surface area contributed by atoms with Gasteiger partial charge in [-0.1, -0.05) is 36.8 Å². The van der Waals surface area contributed by atoms with Crippen LogP contribution in [0.1, 0.15) is 37.0 Å². The maximum Gasteiger partial charge on any atom is 0.0802 e. The van der Waals surface area contributed by atoms with E-state index in [0.717, 1.165) is 38.0 Å². The highest BCUT2D eigenvalue weighted by Crippen LogP contribution is 2.18. The zero-order valence-corrected chi connectivity index (χ0v) is 11.5. The van der Waals surface area contributed by atoms with Gasteiger partial charge in [-0.2, -0.15) is 0 Å². The highest BCUT2D eigenvalue weighted by molar-refractivity contribution is 5.23. The topological polar surface area (TPSA) is 43.7 Å². The molecular formula is C15H25NO2. The minimum absolute atomic E-state index is 0.233. The summed E-state index contributed by atoms with van der Waals surface area (Å²) >= 11 is 0. The van der Waals surface area contributed by atoms with Gasteiger partial charge in [-0.25, -0.2) is 0 Å². The first-order chi connectivity index (χ1) is 8.67.